The van der Waals surface area contributed by atoms with Crippen LogP contribution in [0.1, 0.15) is 11.1 Å². The molecule has 0 saturated heterocycles. The molecule has 0 heterocycles. The lowest BCUT2D eigenvalue weighted by Crippen LogP contribution is -2.34. The number of nitrogens with one attached hydrogen (secondary N) is 1. The molecule has 0 aliphatic heterocycles. The van der Waals surface area contributed by atoms with Crippen molar-refractivity contribution >= 4 is 15.7 Å². The maximum Gasteiger partial charge on any atom is 0.402 e. The average molecular weight is 282 g/mol. The van der Waals surface area contributed by atoms with E-state index in [1.807, 2.05) is 0 Å². The van der Waals surface area contributed by atoms with Gasteiger partial charge in [0.1, 0.15) is 11.4 Å². The summed E-state index contributed by atoms with van der Waals surface area (Å²) in [6.45, 7) is 1.43. The highest BCUT2D eigenvalue weighted by Crippen LogP contribution is 2.26. The number of hydrogen-bond acceptors (Lipinski definition) is 3. The van der Waals surface area contributed by atoms with Gasteiger partial charge in [-0.25, -0.2) is 13.1 Å². The van der Waals surface area contributed by atoms with Gasteiger partial charge in [-0.3, -0.25) is 0 Å². The Morgan fingerprint density at radius 1 is 1.22 bits per heavy atom. The lowest BCUT2D eigenvalue weighted by Gasteiger charge is -2.14. The molecular formula is C10H13F3N2O2S. The summed E-state index contributed by atoms with van der Waals surface area (Å²) in [5.41, 5.74) is 6.36. The van der Waals surface area contributed by atoms with Gasteiger partial charge in [0.25, 0.3) is 0 Å². The predicted molar refractivity (Wildman–Crippen MR) is 61.6 cm³/mol. The van der Waals surface area contributed by atoms with Gasteiger partial charge in [-0.1, -0.05) is 12.1 Å². The summed E-state index contributed by atoms with van der Waals surface area (Å²) in [4.78, 5) is -0.299. The summed E-state index contributed by atoms with van der Waals surface area (Å²) in [6.07, 6.45) is -4.61. The molecule has 0 unspecified atom stereocenters. The van der Waals surface area contributed by atoms with E-state index in [4.69, 9.17) is 5.73 Å². The Morgan fingerprint density at radius 3 is 2.22 bits per heavy atom. The number of halogens is 3. The van der Waals surface area contributed by atoms with Crippen LogP contribution in [0.2, 0.25) is 0 Å². The molecule has 0 aliphatic carbocycles. The van der Waals surface area contributed by atoms with E-state index in [0.29, 0.717) is 11.1 Å². The van der Waals surface area contributed by atoms with Crippen LogP contribution in [0.5, 0.6) is 0 Å². The first-order chi connectivity index (χ1) is 8.04. The lowest BCUT2D eigenvalue weighted by molar-refractivity contribution is -0.121. The second-order valence-electron chi connectivity index (χ2n) is 3.88. The van der Waals surface area contributed by atoms with Gasteiger partial charge >= 0.3 is 6.18 Å². The largest absolute Gasteiger partial charge is 0.402 e. The molecule has 0 radical (unpaired) electrons. The molecule has 0 aromatic heterocycles. The van der Waals surface area contributed by atoms with Crippen LogP contribution in [-0.4, -0.2) is 21.1 Å². The van der Waals surface area contributed by atoms with E-state index >= 15 is 0 Å². The van der Waals surface area contributed by atoms with Crippen molar-refractivity contribution in [2.45, 2.75) is 24.9 Å². The van der Waals surface area contributed by atoms with Crippen LogP contribution in [0.4, 0.5) is 18.9 Å². The Kier molecular flexibility index (Phi) is 3.92. The number of benzene rings is 1. The highest BCUT2D eigenvalue weighted by molar-refractivity contribution is 7.89. The number of nitrogens with two attached hydrogens (primary N) is 1. The zero-order valence-electron chi connectivity index (χ0n) is 9.80. The second kappa shape index (κ2) is 4.77. The van der Waals surface area contributed by atoms with Crippen molar-refractivity contribution in [1.82, 2.24) is 4.72 Å². The number of alkyl halides is 3. The maximum atomic E-state index is 12.0. The van der Waals surface area contributed by atoms with Crippen molar-refractivity contribution in [2.24, 2.45) is 0 Å². The number of aryl methyl sites for hydroxylation is 2. The van der Waals surface area contributed by atoms with Crippen LogP contribution < -0.4 is 10.5 Å². The van der Waals surface area contributed by atoms with Gasteiger partial charge in [-0.05, 0) is 25.0 Å². The third kappa shape index (κ3) is 3.36. The normalized spacial score (nSPS) is 12.7. The summed E-state index contributed by atoms with van der Waals surface area (Å²) in [5, 5.41) is 0. The van der Waals surface area contributed by atoms with E-state index in [-0.39, 0.29) is 10.6 Å². The first kappa shape index (κ1) is 14.8. The van der Waals surface area contributed by atoms with E-state index in [1.54, 1.807) is 13.0 Å². The third-order valence-corrected chi connectivity index (χ3v) is 3.95. The fourth-order valence-electron chi connectivity index (χ4n) is 1.41. The summed E-state index contributed by atoms with van der Waals surface area (Å²) >= 11 is 0. The minimum absolute atomic E-state index is 0.0373. The monoisotopic (exact) mass is 282 g/mol. The Balaban J connectivity index is 3.18. The number of anilines is 1. The molecule has 102 valence electrons. The Morgan fingerprint density at radius 2 is 1.72 bits per heavy atom. The van der Waals surface area contributed by atoms with E-state index in [0.717, 1.165) is 0 Å². The van der Waals surface area contributed by atoms with E-state index < -0.39 is 22.7 Å². The van der Waals surface area contributed by atoms with Crippen LogP contribution in [-0.2, 0) is 10.0 Å². The number of rotatable bonds is 3. The fraction of sp³-hybridized carbons (Fsp3) is 0.400. The van der Waals surface area contributed by atoms with Gasteiger partial charge < -0.3 is 5.73 Å². The van der Waals surface area contributed by atoms with Gasteiger partial charge in [0.05, 0.1) is 5.69 Å². The molecule has 0 fully saturated rings. The first-order valence-electron chi connectivity index (χ1n) is 4.96. The van der Waals surface area contributed by atoms with Crippen LogP contribution in [0.15, 0.2) is 17.0 Å². The van der Waals surface area contributed by atoms with E-state index in [9.17, 15) is 21.6 Å². The molecule has 1 aromatic rings. The number of sulfonamides is 1. The van der Waals surface area contributed by atoms with Gasteiger partial charge in [-0.2, -0.15) is 13.2 Å². The molecule has 0 atom stereocenters. The highest BCUT2D eigenvalue weighted by atomic mass is 32.2. The standard InChI is InChI=1S/C10H13F3N2O2S/c1-6-3-4-7(2)9(8(6)14)18(16,17)15-5-10(11,12)13/h3-4,15H,5,14H2,1-2H3. The highest BCUT2D eigenvalue weighted by Gasteiger charge is 2.31. The van der Waals surface area contributed by atoms with Crippen molar-refractivity contribution < 1.29 is 21.6 Å². The molecule has 0 spiro atoms. The molecule has 4 nitrogen and oxygen atoms in total. The minimum Gasteiger partial charge on any atom is -0.397 e. The molecule has 0 saturated carbocycles. The van der Waals surface area contributed by atoms with Crippen molar-refractivity contribution in [2.75, 3.05) is 12.3 Å². The molecule has 1 rings (SSSR count). The van der Waals surface area contributed by atoms with Gasteiger partial charge in [-0.15, -0.1) is 0 Å². The summed E-state index contributed by atoms with van der Waals surface area (Å²) in [6, 6.07) is 3.10. The predicted octanol–water partition coefficient (Wildman–Crippen LogP) is 1.73. The van der Waals surface area contributed by atoms with Gasteiger partial charge in [0.2, 0.25) is 10.0 Å². The molecule has 8 heteroatoms. The summed E-state index contributed by atoms with van der Waals surface area (Å²) < 4.78 is 61.1. The molecule has 1 aromatic carbocycles. The van der Waals surface area contributed by atoms with Gasteiger partial charge in [0, 0.05) is 0 Å². The topological polar surface area (TPSA) is 72.2 Å². The van der Waals surface area contributed by atoms with Crippen molar-refractivity contribution in [3.05, 3.63) is 23.3 Å². The maximum absolute atomic E-state index is 12.0. The van der Waals surface area contributed by atoms with Crippen LogP contribution >= 0.6 is 0 Å². The van der Waals surface area contributed by atoms with Crippen molar-refractivity contribution in [1.29, 1.82) is 0 Å². The van der Waals surface area contributed by atoms with Gasteiger partial charge in [0.15, 0.2) is 0 Å². The molecule has 18 heavy (non-hydrogen) atoms. The van der Waals surface area contributed by atoms with Crippen LogP contribution in [0, 0.1) is 13.8 Å². The number of nitrogen functional groups attached to an aromatic ring is 1. The van der Waals surface area contributed by atoms with E-state index in [2.05, 4.69) is 0 Å². The quantitative estimate of drug-likeness (QED) is 0.829. The first-order valence-corrected chi connectivity index (χ1v) is 6.45. The average Bonchev–Trinajstić information content (AvgIpc) is 2.20. The Hall–Kier alpha value is -1.28. The van der Waals surface area contributed by atoms with E-state index in [1.165, 1.54) is 17.7 Å². The Labute approximate surface area is 103 Å². The smallest absolute Gasteiger partial charge is 0.397 e. The third-order valence-electron chi connectivity index (χ3n) is 2.34. The summed E-state index contributed by atoms with van der Waals surface area (Å²) in [5.74, 6) is 0. The SMILES string of the molecule is Cc1ccc(C)c(S(=O)(=O)NCC(F)(F)F)c1N. The lowest BCUT2D eigenvalue weighted by atomic mass is 10.1. The molecule has 0 bridgehead atoms. The number of hydrogen-bond donors (Lipinski definition) is 2. The van der Waals surface area contributed by atoms with Crippen molar-refractivity contribution in [3.63, 3.8) is 0 Å². The molecular weight excluding hydrogens is 269 g/mol. The zero-order valence-corrected chi connectivity index (χ0v) is 10.6. The fourth-order valence-corrected chi connectivity index (χ4v) is 2.85. The van der Waals surface area contributed by atoms with Crippen LogP contribution in [0.3, 0.4) is 0 Å². The molecule has 0 amide bonds. The molecule has 3 N–H and O–H groups in total. The van der Waals surface area contributed by atoms with Crippen molar-refractivity contribution in [3.8, 4) is 0 Å². The minimum atomic E-state index is -4.61. The summed E-state index contributed by atoms with van der Waals surface area (Å²) in [7, 11) is -4.27. The second-order valence-corrected chi connectivity index (χ2v) is 5.59. The zero-order chi connectivity index (χ0) is 14.1. The van der Waals surface area contributed by atoms with Crippen LogP contribution in [0.25, 0.3) is 0 Å². The Bertz CT molecular complexity index is 553. The molecule has 0 aliphatic rings.